The molecule has 3 heteroatoms. The fraction of sp³-hybridized carbons (Fsp3) is 0. The molecule has 3 rings (SSSR count). The first-order chi connectivity index (χ1) is 8.83. The van der Waals surface area contributed by atoms with Crippen LogP contribution in [0.3, 0.4) is 0 Å². The van der Waals surface area contributed by atoms with Crippen molar-refractivity contribution >= 4 is 38.5 Å². The van der Waals surface area contributed by atoms with E-state index in [0.29, 0.717) is 0 Å². The molecule has 0 aliphatic carbocycles. The molecule has 0 fully saturated rings. The van der Waals surface area contributed by atoms with Gasteiger partial charge >= 0.3 is 0 Å². The van der Waals surface area contributed by atoms with Crippen LogP contribution in [0.1, 0.15) is 0 Å². The number of hydrogen-bond acceptors (Lipinski definition) is 2. The second-order valence-corrected chi connectivity index (χ2v) is 5.89. The van der Waals surface area contributed by atoms with Crippen LogP contribution in [-0.2, 0) is 0 Å². The van der Waals surface area contributed by atoms with Crippen LogP contribution in [0.5, 0.6) is 0 Å². The highest BCUT2D eigenvalue weighted by molar-refractivity contribution is 9.10. The molecule has 0 aliphatic rings. The third-order valence-electron chi connectivity index (χ3n) is 2.68. The number of aromatic nitrogens is 1. The average Bonchev–Trinajstić information content (AvgIpc) is 2.41. The fourth-order valence-electron chi connectivity index (χ4n) is 1.80. The van der Waals surface area contributed by atoms with Gasteiger partial charge in [0.05, 0.1) is 0 Å². The van der Waals surface area contributed by atoms with Gasteiger partial charge in [-0.05, 0) is 44.9 Å². The third-order valence-corrected chi connectivity index (χ3v) is 4.64. The van der Waals surface area contributed by atoms with E-state index in [4.69, 9.17) is 0 Å². The summed E-state index contributed by atoms with van der Waals surface area (Å²) < 4.78 is 1.03. The van der Waals surface area contributed by atoms with Gasteiger partial charge in [-0.25, -0.2) is 0 Å². The zero-order chi connectivity index (χ0) is 12.4. The summed E-state index contributed by atoms with van der Waals surface area (Å²) in [6.07, 6.45) is 3.64. The van der Waals surface area contributed by atoms with Gasteiger partial charge in [-0.1, -0.05) is 42.1 Å². The molecule has 0 radical (unpaired) electrons. The van der Waals surface area contributed by atoms with E-state index in [9.17, 15) is 0 Å². The van der Waals surface area contributed by atoms with Crippen LogP contribution in [-0.4, -0.2) is 4.98 Å². The van der Waals surface area contributed by atoms with Gasteiger partial charge in [0.2, 0.25) is 0 Å². The summed E-state index contributed by atoms with van der Waals surface area (Å²) in [5, 5.41) is 2.54. The largest absolute Gasteiger partial charge is 0.263 e. The minimum atomic E-state index is 1.03. The maximum Gasteiger partial charge on any atom is 0.0498 e. The molecule has 0 aliphatic heterocycles. The van der Waals surface area contributed by atoms with E-state index in [2.05, 4.69) is 63.4 Å². The van der Waals surface area contributed by atoms with E-state index in [1.165, 1.54) is 20.6 Å². The van der Waals surface area contributed by atoms with Crippen molar-refractivity contribution in [3.8, 4) is 0 Å². The molecule has 0 amide bonds. The van der Waals surface area contributed by atoms with Crippen molar-refractivity contribution in [1.82, 2.24) is 4.98 Å². The number of benzene rings is 2. The third kappa shape index (κ3) is 2.42. The lowest BCUT2D eigenvalue weighted by Gasteiger charge is -2.05. The van der Waals surface area contributed by atoms with Gasteiger partial charge in [0, 0.05) is 26.7 Å². The number of nitrogens with zero attached hydrogens (tertiary/aromatic N) is 1. The Bertz CT molecular complexity index is 697. The Labute approximate surface area is 118 Å². The SMILES string of the molecule is Brc1cnccc1Sc1ccc2ccccc2c1. The lowest BCUT2D eigenvalue weighted by atomic mass is 10.1. The van der Waals surface area contributed by atoms with Gasteiger partial charge in [0.1, 0.15) is 0 Å². The van der Waals surface area contributed by atoms with Crippen LogP contribution < -0.4 is 0 Å². The molecule has 0 unspecified atom stereocenters. The van der Waals surface area contributed by atoms with Crippen LogP contribution in [0.15, 0.2) is 75.2 Å². The summed E-state index contributed by atoms with van der Waals surface area (Å²) in [5.41, 5.74) is 0. The summed E-state index contributed by atoms with van der Waals surface area (Å²) in [7, 11) is 0. The highest BCUT2D eigenvalue weighted by atomic mass is 79.9. The van der Waals surface area contributed by atoms with Crippen LogP contribution in [0.25, 0.3) is 10.8 Å². The molecule has 1 aromatic heterocycles. The maximum atomic E-state index is 4.08. The smallest absolute Gasteiger partial charge is 0.0498 e. The molecule has 2 aromatic carbocycles. The quantitative estimate of drug-likeness (QED) is 0.648. The normalized spacial score (nSPS) is 10.7. The maximum absolute atomic E-state index is 4.08. The molecule has 88 valence electrons. The molecular formula is C15H10BrNS. The van der Waals surface area contributed by atoms with Crippen molar-refractivity contribution in [2.45, 2.75) is 9.79 Å². The van der Waals surface area contributed by atoms with Crippen molar-refractivity contribution in [2.75, 3.05) is 0 Å². The van der Waals surface area contributed by atoms with Crippen LogP contribution in [0.4, 0.5) is 0 Å². The van der Waals surface area contributed by atoms with Crippen molar-refractivity contribution < 1.29 is 0 Å². The zero-order valence-electron chi connectivity index (χ0n) is 9.51. The molecule has 0 atom stereocenters. The Kier molecular flexibility index (Phi) is 3.35. The van der Waals surface area contributed by atoms with Gasteiger partial charge in [-0.3, -0.25) is 4.98 Å². The highest BCUT2D eigenvalue weighted by Gasteiger charge is 2.02. The summed E-state index contributed by atoms with van der Waals surface area (Å²) in [4.78, 5) is 6.49. The number of hydrogen-bond donors (Lipinski definition) is 0. The molecule has 3 aromatic rings. The first-order valence-electron chi connectivity index (χ1n) is 5.59. The summed E-state index contributed by atoms with van der Waals surface area (Å²) in [6, 6.07) is 16.9. The van der Waals surface area contributed by atoms with Crippen LogP contribution in [0, 0.1) is 0 Å². The first-order valence-corrected chi connectivity index (χ1v) is 7.20. The van der Waals surface area contributed by atoms with Gasteiger partial charge in [-0.15, -0.1) is 0 Å². The Morgan fingerprint density at radius 2 is 1.78 bits per heavy atom. The zero-order valence-corrected chi connectivity index (χ0v) is 11.9. The first kappa shape index (κ1) is 11.8. The van der Waals surface area contributed by atoms with Crippen LogP contribution in [0.2, 0.25) is 0 Å². The average molecular weight is 316 g/mol. The Morgan fingerprint density at radius 1 is 0.944 bits per heavy atom. The minimum Gasteiger partial charge on any atom is -0.263 e. The second kappa shape index (κ2) is 5.12. The van der Waals surface area contributed by atoms with E-state index < -0.39 is 0 Å². The van der Waals surface area contributed by atoms with E-state index in [1.807, 2.05) is 18.5 Å². The highest BCUT2D eigenvalue weighted by Crippen LogP contribution is 2.34. The van der Waals surface area contributed by atoms with Gasteiger partial charge < -0.3 is 0 Å². The molecule has 18 heavy (non-hydrogen) atoms. The molecule has 0 spiro atoms. The molecule has 0 saturated carbocycles. The molecule has 1 nitrogen and oxygen atoms in total. The van der Waals surface area contributed by atoms with E-state index in [0.717, 1.165) is 4.47 Å². The minimum absolute atomic E-state index is 1.03. The Morgan fingerprint density at radius 3 is 2.61 bits per heavy atom. The lowest BCUT2D eigenvalue weighted by molar-refractivity contribution is 1.23. The topological polar surface area (TPSA) is 12.9 Å². The molecular weight excluding hydrogens is 306 g/mol. The van der Waals surface area contributed by atoms with Gasteiger partial charge in [0.25, 0.3) is 0 Å². The number of fused-ring (bicyclic) bond motifs is 1. The Hall–Kier alpha value is -1.32. The summed E-state index contributed by atoms with van der Waals surface area (Å²) in [6.45, 7) is 0. The summed E-state index contributed by atoms with van der Waals surface area (Å²) in [5.74, 6) is 0. The monoisotopic (exact) mass is 315 g/mol. The summed E-state index contributed by atoms with van der Waals surface area (Å²) >= 11 is 5.26. The molecule has 0 bridgehead atoms. The fourth-order valence-corrected chi connectivity index (χ4v) is 3.15. The lowest BCUT2D eigenvalue weighted by Crippen LogP contribution is -1.79. The standard InChI is InChI=1S/C15H10BrNS/c16-14-10-17-8-7-15(14)18-13-6-5-11-3-1-2-4-12(11)9-13/h1-10H. The van der Waals surface area contributed by atoms with E-state index in [-0.39, 0.29) is 0 Å². The van der Waals surface area contributed by atoms with Crippen molar-refractivity contribution in [1.29, 1.82) is 0 Å². The van der Waals surface area contributed by atoms with Crippen LogP contribution >= 0.6 is 27.7 Å². The predicted octanol–water partition coefficient (Wildman–Crippen LogP) is 5.15. The van der Waals surface area contributed by atoms with Gasteiger partial charge in [-0.2, -0.15) is 0 Å². The van der Waals surface area contributed by atoms with E-state index >= 15 is 0 Å². The second-order valence-electron chi connectivity index (χ2n) is 3.92. The number of pyridine rings is 1. The van der Waals surface area contributed by atoms with Crippen molar-refractivity contribution in [3.05, 3.63) is 65.4 Å². The molecule has 0 saturated heterocycles. The predicted molar refractivity (Wildman–Crippen MR) is 80.0 cm³/mol. The molecule has 0 N–H and O–H groups in total. The van der Waals surface area contributed by atoms with E-state index in [1.54, 1.807) is 11.8 Å². The van der Waals surface area contributed by atoms with Gasteiger partial charge in [0.15, 0.2) is 0 Å². The Balaban J connectivity index is 1.98. The number of rotatable bonds is 2. The number of halogens is 1. The molecule has 1 heterocycles. The van der Waals surface area contributed by atoms with Crippen molar-refractivity contribution in [3.63, 3.8) is 0 Å². The van der Waals surface area contributed by atoms with Crippen molar-refractivity contribution in [2.24, 2.45) is 0 Å².